The molecule has 2 heteroatoms. The van der Waals surface area contributed by atoms with Crippen LogP contribution in [0, 0.1) is 13.8 Å². The van der Waals surface area contributed by atoms with Crippen LogP contribution >= 0.6 is 11.8 Å². The molecule has 1 atom stereocenters. The van der Waals surface area contributed by atoms with Gasteiger partial charge in [0.1, 0.15) is 0 Å². The van der Waals surface area contributed by atoms with Crippen molar-refractivity contribution in [1.29, 1.82) is 0 Å². The lowest BCUT2D eigenvalue weighted by molar-refractivity contribution is 0.847. The summed E-state index contributed by atoms with van der Waals surface area (Å²) in [5, 5.41) is 0. The minimum absolute atomic E-state index is 0.268. The molecule has 0 aliphatic carbocycles. The van der Waals surface area contributed by atoms with Crippen molar-refractivity contribution in [3.8, 4) is 0 Å². The van der Waals surface area contributed by atoms with Gasteiger partial charge in [0, 0.05) is 16.7 Å². The maximum absolute atomic E-state index is 5.72. The van der Waals surface area contributed by atoms with Crippen molar-refractivity contribution in [2.45, 2.75) is 31.7 Å². The second-order valence-electron chi connectivity index (χ2n) is 3.51. The molecule has 0 saturated carbocycles. The Bertz CT molecular complexity index is 261. The van der Waals surface area contributed by atoms with Crippen LogP contribution in [-0.4, -0.2) is 11.8 Å². The van der Waals surface area contributed by atoms with Gasteiger partial charge in [-0.1, -0.05) is 18.2 Å². The van der Waals surface area contributed by atoms with E-state index in [1.807, 2.05) is 18.7 Å². The normalized spacial score (nSPS) is 12.9. The number of thioether (sulfide) groups is 1. The molecule has 0 saturated heterocycles. The van der Waals surface area contributed by atoms with E-state index in [9.17, 15) is 0 Å². The third-order valence-electron chi connectivity index (χ3n) is 1.90. The van der Waals surface area contributed by atoms with E-state index in [0.717, 1.165) is 5.75 Å². The van der Waals surface area contributed by atoms with Crippen molar-refractivity contribution in [1.82, 2.24) is 0 Å². The third kappa shape index (κ3) is 3.05. The molecule has 0 radical (unpaired) electrons. The zero-order chi connectivity index (χ0) is 9.84. The molecule has 0 amide bonds. The van der Waals surface area contributed by atoms with Gasteiger partial charge in [0.05, 0.1) is 0 Å². The number of hydrogen-bond acceptors (Lipinski definition) is 2. The quantitative estimate of drug-likeness (QED) is 0.750. The Morgan fingerprint density at radius 3 is 2.31 bits per heavy atom. The monoisotopic (exact) mass is 195 g/mol. The number of nitrogens with two attached hydrogens (primary N) is 1. The topological polar surface area (TPSA) is 26.0 Å². The summed E-state index contributed by atoms with van der Waals surface area (Å²) < 4.78 is 0. The molecule has 2 N–H and O–H groups in total. The number of benzene rings is 1. The van der Waals surface area contributed by atoms with Crippen molar-refractivity contribution in [3.63, 3.8) is 0 Å². The maximum atomic E-state index is 5.72. The second-order valence-corrected chi connectivity index (χ2v) is 4.54. The smallest absolute Gasteiger partial charge is 0.0131 e. The summed E-state index contributed by atoms with van der Waals surface area (Å²) in [4.78, 5) is 1.39. The summed E-state index contributed by atoms with van der Waals surface area (Å²) >= 11 is 1.86. The summed E-state index contributed by atoms with van der Waals surface area (Å²) in [5.41, 5.74) is 8.42. The van der Waals surface area contributed by atoms with Crippen LogP contribution in [0.5, 0.6) is 0 Å². The van der Waals surface area contributed by atoms with Gasteiger partial charge in [-0.25, -0.2) is 0 Å². The van der Waals surface area contributed by atoms with Crippen molar-refractivity contribution in [2.75, 3.05) is 5.75 Å². The third-order valence-corrected chi connectivity index (χ3v) is 3.52. The fraction of sp³-hybridized carbons (Fsp3) is 0.455. The van der Waals surface area contributed by atoms with Gasteiger partial charge in [-0.2, -0.15) is 0 Å². The van der Waals surface area contributed by atoms with Crippen molar-refractivity contribution >= 4 is 11.8 Å². The number of rotatable bonds is 3. The molecule has 0 fully saturated rings. The summed E-state index contributed by atoms with van der Waals surface area (Å²) in [6, 6.07) is 6.66. The van der Waals surface area contributed by atoms with Gasteiger partial charge in [-0.15, -0.1) is 11.8 Å². The Morgan fingerprint density at radius 2 is 1.85 bits per heavy atom. The largest absolute Gasteiger partial charge is 0.327 e. The molecule has 1 nitrogen and oxygen atoms in total. The fourth-order valence-corrected chi connectivity index (χ4v) is 2.26. The number of hydrogen-bond donors (Lipinski definition) is 1. The molecule has 1 rings (SSSR count). The van der Waals surface area contributed by atoms with Crippen molar-refractivity contribution in [2.24, 2.45) is 5.73 Å². The average Bonchev–Trinajstić information content (AvgIpc) is 2.03. The molecule has 0 bridgehead atoms. The van der Waals surface area contributed by atoms with Crippen LogP contribution in [0.2, 0.25) is 0 Å². The zero-order valence-electron chi connectivity index (χ0n) is 8.50. The van der Waals surface area contributed by atoms with Gasteiger partial charge in [0.25, 0.3) is 0 Å². The first kappa shape index (κ1) is 10.6. The van der Waals surface area contributed by atoms with Crippen molar-refractivity contribution < 1.29 is 0 Å². The SMILES string of the molecule is Cc1cccc(C)c1SCC(C)N. The molecule has 0 spiro atoms. The molecular weight excluding hydrogens is 178 g/mol. The van der Waals surface area contributed by atoms with E-state index >= 15 is 0 Å². The highest BCUT2D eigenvalue weighted by Crippen LogP contribution is 2.26. The highest BCUT2D eigenvalue weighted by atomic mass is 32.2. The van der Waals surface area contributed by atoms with E-state index in [-0.39, 0.29) is 6.04 Å². The Balaban J connectivity index is 2.75. The van der Waals surface area contributed by atoms with Crippen molar-refractivity contribution in [3.05, 3.63) is 29.3 Å². The van der Waals surface area contributed by atoms with E-state index in [0.29, 0.717) is 0 Å². The van der Waals surface area contributed by atoms with E-state index in [1.54, 1.807) is 0 Å². The van der Waals surface area contributed by atoms with Gasteiger partial charge in [0.2, 0.25) is 0 Å². The molecule has 0 aliphatic heterocycles. The van der Waals surface area contributed by atoms with Crippen LogP contribution < -0.4 is 5.73 Å². The Labute approximate surface area is 84.7 Å². The lowest BCUT2D eigenvalue weighted by Gasteiger charge is -2.10. The summed E-state index contributed by atoms with van der Waals surface area (Å²) in [7, 11) is 0. The minimum Gasteiger partial charge on any atom is -0.327 e. The highest BCUT2D eigenvalue weighted by Gasteiger charge is 2.03. The summed E-state index contributed by atoms with van der Waals surface area (Å²) in [5.74, 6) is 0.992. The molecule has 1 aromatic rings. The standard InChI is InChI=1S/C11H17NS/c1-8-5-4-6-9(2)11(8)13-7-10(3)12/h4-6,10H,7,12H2,1-3H3. The van der Waals surface area contributed by atoms with Crippen LogP contribution in [0.25, 0.3) is 0 Å². The number of aryl methyl sites for hydroxylation is 2. The van der Waals surface area contributed by atoms with Crippen LogP contribution in [0.1, 0.15) is 18.1 Å². The van der Waals surface area contributed by atoms with Gasteiger partial charge < -0.3 is 5.73 Å². The molecule has 1 aromatic carbocycles. The lowest BCUT2D eigenvalue weighted by Crippen LogP contribution is -2.17. The summed E-state index contributed by atoms with van der Waals surface area (Å²) in [6.07, 6.45) is 0. The van der Waals surface area contributed by atoms with Gasteiger partial charge in [-0.3, -0.25) is 0 Å². The van der Waals surface area contributed by atoms with Gasteiger partial charge >= 0.3 is 0 Å². The molecule has 72 valence electrons. The van der Waals surface area contributed by atoms with Gasteiger partial charge in [-0.05, 0) is 31.9 Å². The van der Waals surface area contributed by atoms with Crippen LogP contribution in [0.15, 0.2) is 23.1 Å². The first-order valence-electron chi connectivity index (χ1n) is 4.56. The fourth-order valence-electron chi connectivity index (χ4n) is 1.24. The first-order valence-corrected chi connectivity index (χ1v) is 5.54. The molecule has 0 heterocycles. The van der Waals surface area contributed by atoms with Crippen LogP contribution in [0.3, 0.4) is 0 Å². The van der Waals surface area contributed by atoms with E-state index in [4.69, 9.17) is 5.73 Å². The average molecular weight is 195 g/mol. The molecule has 13 heavy (non-hydrogen) atoms. The highest BCUT2D eigenvalue weighted by molar-refractivity contribution is 7.99. The Hall–Kier alpha value is -0.470. The molecule has 0 aromatic heterocycles. The first-order chi connectivity index (χ1) is 6.11. The van der Waals surface area contributed by atoms with Crippen LogP contribution in [-0.2, 0) is 0 Å². The minimum atomic E-state index is 0.268. The maximum Gasteiger partial charge on any atom is 0.0131 e. The predicted octanol–water partition coefficient (Wildman–Crippen LogP) is 2.74. The predicted molar refractivity (Wildman–Crippen MR) is 60.3 cm³/mol. The van der Waals surface area contributed by atoms with E-state index < -0.39 is 0 Å². The Kier molecular flexibility index (Phi) is 3.82. The molecule has 1 unspecified atom stereocenters. The lowest BCUT2D eigenvalue weighted by atomic mass is 10.2. The van der Waals surface area contributed by atoms with E-state index in [1.165, 1.54) is 16.0 Å². The van der Waals surface area contributed by atoms with Gasteiger partial charge in [0.15, 0.2) is 0 Å². The zero-order valence-corrected chi connectivity index (χ0v) is 9.32. The molecule has 0 aliphatic rings. The molecular formula is C11H17NS. The summed E-state index contributed by atoms with van der Waals surface area (Å²) in [6.45, 7) is 6.34. The van der Waals surface area contributed by atoms with Crippen LogP contribution in [0.4, 0.5) is 0 Å². The second kappa shape index (κ2) is 4.68. The van der Waals surface area contributed by atoms with E-state index in [2.05, 4.69) is 32.0 Å². The Morgan fingerprint density at radius 1 is 1.31 bits per heavy atom.